The lowest BCUT2D eigenvalue weighted by molar-refractivity contribution is 0.0691. The van der Waals surface area contributed by atoms with Gasteiger partial charge in [0.25, 0.3) is 5.24 Å². The zero-order chi connectivity index (χ0) is 18.6. The highest BCUT2D eigenvalue weighted by atomic mass is 35.5. The maximum Gasteiger partial charge on any atom is 0.338 e. The smallest absolute Gasteiger partial charge is 0.338 e. The first-order valence-corrected chi connectivity index (χ1v) is 7.39. The zero-order valence-corrected chi connectivity index (χ0v) is 14.7. The van der Waals surface area contributed by atoms with E-state index in [2.05, 4.69) is 9.97 Å². The van der Waals surface area contributed by atoms with Crippen LogP contribution in [-0.2, 0) is 0 Å². The van der Waals surface area contributed by atoms with Gasteiger partial charge in [-0.05, 0) is 23.7 Å². The maximum atomic E-state index is 12.9. The van der Waals surface area contributed by atoms with Crippen molar-refractivity contribution >= 4 is 69.2 Å². The number of carboxylic acid groups (broad SMARTS) is 1. The van der Waals surface area contributed by atoms with Gasteiger partial charge in [-0.2, -0.15) is 0 Å². The predicted octanol–water partition coefficient (Wildman–Crippen LogP) is 5.13. The number of hydrogen-bond donors (Lipinski definition) is 1. The SMILES string of the molecule is O=C(Cl)c1cc(Cl)nc(Cl)c1F.O=C(O)c1cc(Cl)nc(Cl)c1F. The number of hydrogen-bond acceptors (Lipinski definition) is 4. The van der Waals surface area contributed by atoms with E-state index in [-0.39, 0.29) is 15.9 Å². The fourth-order valence-electron chi connectivity index (χ4n) is 1.24. The fourth-order valence-corrected chi connectivity index (χ4v) is 2.23. The first kappa shape index (κ1) is 20.8. The fraction of sp³-hybridized carbons (Fsp3) is 0. The van der Waals surface area contributed by atoms with Crippen molar-refractivity contribution < 1.29 is 23.5 Å². The van der Waals surface area contributed by atoms with Gasteiger partial charge in [-0.25, -0.2) is 23.5 Å². The highest BCUT2D eigenvalue weighted by Crippen LogP contribution is 2.21. The summed E-state index contributed by atoms with van der Waals surface area (Å²) in [7, 11) is 0. The van der Waals surface area contributed by atoms with Crippen LogP contribution in [0.3, 0.4) is 0 Å². The van der Waals surface area contributed by atoms with Crippen LogP contribution in [0.5, 0.6) is 0 Å². The Morgan fingerprint density at radius 3 is 1.62 bits per heavy atom. The number of aromatic nitrogens is 2. The normalized spacial score (nSPS) is 9.96. The molecule has 2 heterocycles. The summed E-state index contributed by atoms with van der Waals surface area (Å²) in [5.74, 6) is -3.46. The molecular weight excluding hydrogens is 435 g/mol. The summed E-state index contributed by atoms with van der Waals surface area (Å²) in [6.07, 6.45) is 0. The summed E-state index contributed by atoms with van der Waals surface area (Å²) in [6.45, 7) is 0. The van der Waals surface area contributed by atoms with E-state index in [1.807, 2.05) is 0 Å². The minimum Gasteiger partial charge on any atom is -0.478 e. The molecule has 0 unspecified atom stereocenters. The highest BCUT2D eigenvalue weighted by Gasteiger charge is 2.16. The van der Waals surface area contributed by atoms with Gasteiger partial charge in [-0.1, -0.05) is 46.4 Å². The lowest BCUT2D eigenvalue weighted by Crippen LogP contribution is -2.02. The van der Waals surface area contributed by atoms with Crippen molar-refractivity contribution in [2.24, 2.45) is 0 Å². The van der Waals surface area contributed by atoms with Gasteiger partial charge in [0.1, 0.15) is 15.9 Å². The van der Waals surface area contributed by atoms with Gasteiger partial charge in [0.05, 0.1) is 5.56 Å². The van der Waals surface area contributed by atoms with E-state index in [9.17, 15) is 18.4 Å². The second kappa shape index (κ2) is 8.73. The van der Waals surface area contributed by atoms with Crippen molar-refractivity contribution in [3.8, 4) is 0 Å². The van der Waals surface area contributed by atoms with Crippen molar-refractivity contribution in [1.29, 1.82) is 0 Å². The van der Waals surface area contributed by atoms with Gasteiger partial charge in [0.2, 0.25) is 0 Å². The molecule has 2 rings (SSSR count). The van der Waals surface area contributed by atoms with Crippen molar-refractivity contribution in [2.45, 2.75) is 0 Å². The second-order valence-corrected chi connectivity index (χ2v) is 5.61. The molecule has 128 valence electrons. The molecule has 1 N–H and O–H groups in total. The van der Waals surface area contributed by atoms with Crippen molar-refractivity contribution in [2.75, 3.05) is 0 Å². The summed E-state index contributed by atoms with van der Waals surface area (Å²) in [5.41, 5.74) is -0.957. The molecule has 0 radical (unpaired) electrons. The Morgan fingerprint density at radius 1 is 0.875 bits per heavy atom. The summed E-state index contributed by atoms with van der Waals surface area (Å²) < 4.78 is 25.7. The molecule has 0 amide bonds. The van der Waals surface area contributed by atoms with Crippen LogP contribution in [0.4, 0.5) is 8.78 Å². The molecular formula is C12H3Cl5F2N2O3. The molecule has 0 saturated carbocycles. The molecule has 0 aromatic carbocycles. The van der Waals surface area contributed by atoms with Gasteiger partial charge >= 0.3 is 5.97 Å². The van der Waals surface area contributed by atoms with E-state index >= 15 is 0 Å². The lowest BCUT2D eigenvalue weighted by Gasteiger charge is -1.98. The zero-order valence-electron chi connectivity index (χ0n) is 11.0. The van der Waals surface area contributed by atoms with E-state index in [4.69, 9.17) is 63.1 Å². The van der Waals surface area contributed by atoms with Crippen molar-refractivity contribution in [1.82, 2.24) is 9.97 Å². The van der Waals surface area contributed by atoms with Crippen LogP contribution in [0.25, 0.3) is 0 Å². The third-order valence-electron chi connectivity index (χ3n) is 2.21. The Bertz CT molecular complexity index is 752. The molecule has 24 heavy (non-hydrogen) atoms. The second-order valence-electron chi connectivity index (χ2n) is 3.77. The van der Waals surface area contributed by atoms with E-state index < -0.39 is 38.7 Å². The Hall–Kier alpha value is -1.25. The first-order valence-electron chi connectivity index (χ1n) is 5.50. The highest BCUT2D eigenvalue weighted by molar-refractivity contribution is 6.68. The summed E-state index contributed by atoms with van der Waals surface area (Å²) in [6, 6.07) is 1.91. The van der Waals surface area contributed by atoms with Gasteiger partial charge in [-0.15, -0.1) is 0 Å². The average Bonchev–Trinajstić information content (AvgIpc) is 2.46. The average molecular weight is 438 g/mol. The van der Waals surface area contributed by atoms with E-state index in [0.717, 1.165) is 12.1 Å². The van der Waals surface area contributed by atoms with Crippen LogP contribution in [0.2, 0.25) is 20.6 Å². The van der Waals surface area contributed by atoms with Gasteiger partial charge in [0.15, 0.2) is 21.9 Å². The Balaban J connectivity index is 0.000000240. The molecule has 0 aliphatic heterocycles. The van der Waals surface area contributed by atoms with Crippen LogP contribution < -0.4 is 0 Å². The third kappa shape index (κ3) is 5.39. The van der Waals surface area contributed by atoms with Crippen LogP contribution in [0, 0.1) is 11.6 Å². The number of pyridine rings is 2. The van der Waals surface area contributed by atoms with Crippen molar-refractivity contribution in [3.63, 3.8) is 0 Å². The molecule has 0 bridgehead atoms. The van der Waals surface area contributed by atoms with Crippen LogP contribution in [0.1, 0.15) is 20.7 Å². The molecule has 0 atom stereocenters. The quantitative estimate of drug-likeness (QED) is 0.519. The van der Waals surface area contributed by atoms with Crippen molar-refractivity contribution in [3.05, 3.63) is 55.5 Å². The number of rotatable bonds is 2. The number of aromatic carboxylic acids is 1. The predicted molar refractivity (Wildman–Crippen MR) is 85.6 cm³/mol. The maximum absolute atomic E-state index is 12.9. The minimum atomic E-state index is -1.43. The van der Waals surface area contributed by atoms with Gasteiger partial charge in [-0.3, -0.25) is 4.79 Å². The Kier molecular flexibility index (Phi) is 7.56. The standard InChI is InChI=1S/C6HCl3FNO.C6H2Cl2FNO2/c7-3-1-2(6(9)12)4(10)5(8)11-3;7-3-1-2(6(11)12)4(9)5(8)10-3/h1H;1H,(H,11,12). The molecule has 5 nitrogen and oxygen atoms in total. The molecule has 12 heteroatoms. The topological polar surface area (TPSA) is 80.2 Å². The molecule has 0 spiro atoms. The largest absolute Gasteiger partial charge is 0.478 e. The lowest BCUT2D eigenvalue weighted by atomic mass is 10.2. The van der Waals surface area contributed by atoms with E-state index in [1.165, 1.54) is 0 Å². The Labute approximate surface area is 158 Å². The number of carbonyl (C=O) groups is 2. The first-order chi connectivity index (χ1) is 11.0. The van der Waals surface area contributed by atoms with E-state index in [1.54, 1.807) is 0 Å². The van der Waals surface area contributed by atoms with Crippen LogP contribution in [0.15, 0.2) is 12.1 Å². The number of carboxylic acids is 1. The third-order valence-corrected chi connectivity index (χ3v) is 3.31. The molecule has 0 aliphatic carbocycles. The molecule has 0 aliphatic rings. The summed E-state index contributed by atoms with van der Waals surface area (Å²) >= 11 is 26.3. The van der Waals surface area contributed by atoms with E-state index in [0.29, 0.717) is 0 Å². The summed E-state index contributed by atoms with van der Waals surface area (Å²) in [5, 5.41) is 6.23. The number of halogens is 7. The number of carbonyl (C=O) groups excluding carboxylic acids is 1. The number of nitrogens with zero attached hydrogens (tertiary/aromatic N) is 2. The summed E-state index contributed by atoms with van der Waals surface area (Å²) in [4.78, 5) is 27.6. The van der Waals surface area contributed by atoms with Crippen LogP contribution >= 0.6 is 58.0 Å². The molecule has 0 fully saturated rings. The molecule has 2 aromatic heterocycles. The molecule has 2 aromatic rings. The van der Waals surface area contributed by atoms with Gasteiger partial charge < -0.3 is 5.11 Å². The monoisotopic (exact) mass is 436 g/mol. The van der Waals surface area contributed by atoms with Gasteiger partial charge in [0, 0.05) is 0 Å². The minimum absolute atomic E-state index is 0.0783. The molecule has 0 saturated heterocycles. The Morgan fingerprint density at radius 2 is 1.25 bits per heavy atom. The van der Waals surface area contributed by atoms with Crippen LogP contribution in [-0.4, -0.2) is 26.3 Å².